The molecule has 5 aromatic rings. The second-order valence-electron chi connectivity index (χ2n) is 8.32. The molecule has 1 N–H and O–H groups in total. The number of anilines is 1. The SMILES string of the molecule is COc1ccc(-c2cc(-c3ccc(F)cc3F)cc(-n3ccc4ccc(NS(C)(=O)=O)cc43)c2)cn1. The predicted molar refractivity (Wildman–Crippen MR) is 137 cm³/mol. The molecule has 182 valence electrons. The van der Waals surface area contributed by atoms with Crippen LogP contribution < -0.4 is 9.46 Å². The number of fused-ring (bicyclic) bond motifs is 1. The van der Waals surface area contributed by atoms with Crippen LogP contribution in [0.5, 0.6) is 5.88 Å². The standard InChI is InChI=1S/C27H21F2N3O3S/c1-35-27-8-4-18(16-30-27)19-11-20(24-7-5-21(28)14-25(24)29)13-23(12-19)32-10-9-17-3-6-22(15-26(17)32)31-36(2,33)34/h3-16,31H,1-2H3. The number of pyridine rings is 1. The number of halogens is 2. The summed E-state index contributed by atoms with van der Waals surface area (Å²) < 4.78 is 61.4. The van der Waals surface area contributed by atoms with Crippen LogP contribution in [0.2, 0.25) is 0 Å². The highest BCUT2D eigenvalue weighted by atomic mass is 32.2. The zero-order chi connectivity index (χ0) is 25.4. The fraction of sp³-hybridized carbons (Fsp3) is 0.0741. The van der Waals surface area contributed by atoms with E-state index < -0.39 is 21.7 Å². The Hall–Kier alpha value is -4.24. The van der Waals surface area contributed by atoms with Gasteiger partial charge in [0.1, 0.15) is 11.6 Å². The summed E-state index contributed by atoms with van der Waals surface area (Å²) in [4.78, 5) is 4.28. The molecule has 9 heteroatoms. The highest BCUT2D eigenvalue weighted by molar-refractivity contribution is 7.92. The van der Waals surface area contributed by atoms with Crippen molar-refractivity contribution in [2.45, 2.75) is 0 Å². The second-order valence-corrected chi connectivity index (χ2v) is 10.1. The summed E-state index contributed by atoms with van der Waals surface area (Å²) in [5.41, 5.74) is 4.20. The molecule has 6 nitrogen and oxygen atoms in total. The lowest BCUT2D eigenvalue weighted by molar-refractivity contribution is 0.398. The normalized spacial score (nSPS) is 11.6. The van der Waals surface area contributed by atoms with E-state index in [2.05, 4.69) is 9.71 Å². The molecule has 5 rings (SSSR count). The van der Waals surface area contributed by atoms with Crippen molar-refractivity contribution in [2.24, 2.45) is 0 Å². The molecule has 0 fully saturated rings. The topological polar surface area (TPSA) is 73.2 Å². The molecule has 0 bridgehead atoms. The number of ether oxygens (including phenoxy) is 1. The number of aromatic nitrogens is 2. The van der Waals surface area contributed by atoms with Crippen molar-refractivity contribution in [3.05, 3.63) is 96.8 Å². The van der Waals surface area contributed by atoms with Crippen molar-refractivity contribution in [2.75, 3.05) is 18.1 Å². The summed E-state index contributed by atoms with van der Waals surface area (Å²) in [6, 6.07) is 19.7. The van der Waals surface area contributed by atoms with Crippen molar-refractivity contribution < 1.29 is 21.9 Å². The molecule has 3 aromatic carbocycles. The predicted octanol–water partition coefficient (Wildman–Crippen LogP) is 6.02. The highest BCUT2D eigenvalue weighted by Crippen LogP contribution is 2.33. The maximum absolute atomic E-state index is 14.8. The summed E-state index contributed by atoms with van der Waals surface area (Å²) >= 11 is 0. The molecule has 2 aromatic heterocycles. The number of hydrogen-bond acceptors (Lipinski definition) is 4. The van der Waals surface area contributed by atoms with Crippen molar-refractivity contribution >= 4 is 26.6 Å². The molecule has 0 radical (unpaired) electrons. The van der Waals surface area contributed by atoms with Crippen LogP contribution in [-0.2, 0) is 10.0 Å². The number of hydrogen-bond donors (Lipinski definition) is 1. The van der Waals surface area contributed by atoms with Crippen LogP contribution in [0.15, 0.2) is 85.2 Å². The molecule has 0 aliphatic carbocycles. The van der Waals surface area contributed by atoms with Crippen LogP contribution in [0.25, 0.3) is 38.8 Å². The molecular weight excluding hydrogens is 484 g/mol. The third kappa shape index (κ3) is 4.78. The fourth-order valence-electron chi connectivity index (χ4n) is 4.10. The van der Waals surface area contributed by atoms with Gasteiger partial charge < -0.3 is 9.30 Å². The van der Waals surface area contributed by atoms with Gasteiger partial charge in [-0.2, -0.15) is 0 Å². The number of benzene rings is 3. The summed E-state index contributed by atoms with van der Waals surface area (Å²) in [6.45, 7) is 0. The van der Waals surface area contributed by atoms with Crippen LogP contribution in [0, 0.1) is 11.6 Å². The molecule has 0 saturated heterocycles. The van der Waals surface area contributed by atoms with Crippen molar-refractivity contribution in [3.8, 4) is 33.8 Å². The average molecular weight is 506 g/mol. The first-order valence-corrected chi connectivity index (χ1v) is 12.8. The van der Waals surface area contributed by atoms with E-state index in [4.69, 9.17) is 4.74 Å². The van der Waals surface area contributed by atoms with Gasteiger partial charge in [0, 0.05) is 46.7 Å². The molecular formula is C27H21F2N3O3S. The van der Waals surface area contributed by atoms with Gasteiger partial charge in [-0.05, 0) is 65.7 Å². The van der Waals surface area contributed by atoms with Crippen LogP contribution in [0.4, 0.5) is 14.5 Å². The van der Waals surface area contributed by atoms with Gasteiger partial charge in [-0.25, -0.2) is 22.2 Å². The maximum Gasteiger partial charge on any atom is 0.229 e. The van der Waals surface area contributed by atoms with Crippen LogP contribution in [-0.4, -0.2) is 31.3 Å². The van der Waals surface area contributed by atoms with Crippen molar-refractivity contribution in [1.82, 2.24) is 9.55 Å². The van der Waals surface area contributed by atoms with Gasteiger partial charge in [0.2, 0.25) is 15.9 Å². The Morgan fingerprint density at radius 3 is 2.39 bits per heavy atom. The van der Waals surface area contributed by atoms with Crippen LogP contribution in [0.1, 0.15) is 0 Å². The molecule has 36 heavy (non-hydrogen) atoms. The van der Waals surface area contributed by atoms with Crippen LogP contribution >= 0.6 is 0 Å². The number of sulfonamides is 1. The third-order valence-corrected chi connectivity index (χ3v) is 6.32. The van der Waals surface area contributed by atoms with Gasteiger partial charge in [0.25, 0.3) is 0 Å². The van der Waals surface area contributed by atoms with E-state index in [0.29, 0.717) is 22.8 Å². The molecule has 0 amide bonds. The smallest absolute Gasteiger partial charge is 0.229 e. The van der Waals surface area contributed by atoms with Gasteiger partial charge in [-0.1, -0.05) is 6.07 Å². The number of nitrogens with one attached hydrogen (secondary N) is 1. The lowest BCUT2D eigenvalue weighted by Gasteiger charge is -2.14. The van der Waals surface area contributed by atoms with E-state index in [0.717, 1.165) is 34.4 Å². The molecule has 0 aliphatic heterocycles. The molecule has 0 saturated carbocycles. The van der Waals surface area contributed by atoms with E-state index in [9.17, 15) is 17.2 Å². The summed E-state index contributed by atoms with van der Waals surface area (Å²) in [6.07, 6.45) is 4.60. The Bertz CT molecular complexity index is 1700. The lowest BCUT2D eigenvalue weighted by Crippen LogP contribution is -2.09. The van der Waals surface area contributed by atoms with Gasteiger partial charge in [0.05, 0.1) is 24.6 Å². The lowest BCUT2D eigenvalue weighted by atomic mass is 9.98. The summed E-state index contributed by atoms with van der Waals surface area (Å²) in [7, 11) is -1.92. The van der Waals surface area contributed by atoms with Crippen LogP contribution in [0.3, 0.4) is 0 Å². The molecule has 0 aliphatic rings. The number of methoxy groups -OCH3 is 1. The monoisotopic (exact) mass is 505 g/mol. The largest absolute Gasteiger partial charge is 0.481 e. The molecule has 0 atom stereocenters. The first-order chi connectivity index (χ1) is 17.2. The minimum atomic E-state index is -3.45. The Balaban J connectivity index is 1.71. The number of rotatable bonds is 6. The first-order valence-electron chi connectivity index (χ1n) is 10.9. The quantitative estimate of drug-likeness (QED) is 0.306. The van der Waals surface area contributed by atoms with Crippen molar-refractivity contribution in [1.29, 1.82) is 0 Å². The Morgan fingerprint density at radius 2 is 1.69 bits per heavy atom. The van der Waals surface area contributed by atoms with Gasteiger partial charge in [-0.3, -0.25) is 4.72 Å². The second kappa shape index (κ2) is 9.09. The minimum absolute atomic E-state index is 0.247. The zero-order valence-corrected chi connectivity index (χ0v) is 20.2. The maximum atomic E-state index is 14.8. The molecule has 0 spiro atoms. The van der Waals surface area contributed by atoms with Gasteiger partial charge in [0.15, 0.2) is 0 Å². The first kappa shape index (κ1) is 23.5. The highest BCUT2D eigenvalue weighted by Gasteiger charge is 2.14. The Kier molecular flexibility index (Phi) is 5.93. The van der Waals surface area contributed by atoms with E-state index in [1.165, 1.54) is 19.2 Å². The number of nitrogens with zero attached hydrogens (tertiary/aromatic N) is 2. The summed E-state index contributed by atoms with van der Waals surface area (Å²) in [5.74, 6) is -0.876. The zero-order valence-electron chi connectivity index (χ0n) is 19.4. The van der Waals surface area contributed by atoms with Gasteiger partial charge >= 0.3 is 0 Å². The summed E-state index contributed by atoms with van der Waals surface area (Å²) in [5, 5.41) is 0.889. The fourth-order valence-corrected chi connectivity index (χ4v) is 4.65. The Labute approximate surface area is 206 Å². The van der Waals surface area contributed by atoms with Crippen molar-refractivity contribution in [3.63, 3.8) is 0 Å². The Morgan fingerprint density at radius 1 is 0.889 bits per heavy atom. The molecule has 0 unspecified atom stereocenters. The third-order valence-electron chi connectivity index (χ3n) is 5.71. The van der Waals surface area contributed by atoms with E-state index in [1.807, 2.05) is 41.1 Å². The molecule has 2 heterocycles. The van der Waals surface area contributed by atoms with E-state index in [1.54, 1.807) is 30.5 Å². The van der Waals surface area contributed by atoms with Gasteiger partial charge in [-0.15, -0.1) is 0 Å². The van der Waals surface area contributed by atoms with E-state index in [-0.39, 0.29) is 5.56 Å². The minimum Gasteiger partial charge on any atom is -0.481 e. The van der Waals surface area contributed by atoms with E-state index >= 15 is 0 Å². The average Bonchev–Trinajstić information content (AvgIpc) is 3.26.